The summed E-state index contributed by atoms with van der Waals surface area (Å²) in [4.78, 5) is 11.9. The molecule has 1 aliphatic rings. The quantitative estimate of drug-likeness (QED) is 0.767. The molecule has 0 aromatic carbocycles. The molecule has 0 saturated heterocycles. The number of nitrogens with one attached hydrogen (secondary N) is 2. The average molecular weight is 265 g/mol. The van der Waals surface area contributed by atoms with Crippen molar-refractivity contribution in [2.75, 3.05) is 6.54 Å². The van der Waals surface area contributed by atoms with Gasteiger partial charge in [0.2, 0.25) is 5.91 Å². The second-order valence-electron chi connectivity index (χ2n) is 5.67. The predicted octanol–water partition coefficient (Wildman–Crippen LogP) is 0.863. The van der Waals surface area contributed by atoms with Crippen molar-refractivity contribution >= 4 is 5.91 Å². The zero-order valence-corrected chi connectivity index (χ0v) is 11.9. The fourth-order valence-electron chi connectivity index (χ4n) is 1.74. The molecule has 1 amide bonds. The minimum Gasteiger partial charge on any atom is -0.352 e. The van der Waals surface area contributed by atoms with E-state index in [-0.39, 0.29) is 11.9 Å². The van der Waals surface area contributed by atoms with Crippen molar-refractivity contribution in [3.05, 3.63) is 11.9 Å². The third-order valence-electron chi connectivity index (χ3n) is 3.12. The van der Waals surface area contributed by atoms with Crippen LogP contribution in [-0.4, -0.2) is 33.5 Å². The smallest absolute Gasteiger partial charge is 0.244 e. The largest absolute Gasteiger partial charge is 0.352 e. The van der Waals surface area contributed by atoms with Crippen LogP contribution in [0.5, 0.6) is 0 Å². The van der Waals surface area contributed by atoms with Crippen LogP contribution in [-0.2, 0) is 11.3 Å². The van der Waals surface area contributed by atoms with Gasteiger partial charge < -0.3 is 10.6 Å². The van der Waals surface area contributed by atoms with Crippen molar-refractivity contribution in [1.82, 2.24) is 25.6 Å². The van der Waals surface area contributed by atoms with Gasteiger partial charge in [-0.1, -0.05) is 19.1 Å². The van der Waals surface area contributed by atoms with Crippen LogP contribution >= 0.6 is 0 Å². The molecule has 1 unspecified atom stereocenters. The molecule has 0 spiro atoms. The topological polar surface area (TPSA) is 71.8 Å². The highest BCUT2D eigenvalue weighted by Crippen LogP contribution is 2.19. The number of hydrogen-bond acceptors (Lipinski definition) is 4. The first-order chi connectivity index (χ1) is 9.06. The Balaban J connectivity index is 1.82. The van der Waals surface area contributed by atoms with Crippen LogP contribution in [0.4, 0.5) is 0 Å². The van der Waals surface area contributed by atoms with Gasteiger partial charge in [-0.25, -0.2) is 4.68 Å². The van der Waals surface area contributed by atoms with E-state index in [0.717, 1.165) is 25.1 Å². The molecular weight excluding hydrogens is 242 g/mol. The van der Waals surface area contributed by atoms with E-state index in [9.17, 15) is 4.79 Å². The molecule has 19 heavy (non-hydrogen) atoms. The Hall–Kier alpha value is -1.43. The molecule has 1 atom stereocenters. The monoisotopic (exact) mass is 265 g/mol. The van der Waals surface area contributed by atoms with Crippen molar-refractivity contribution in [3.8, 4) is 0 Å². The maximum atomic E-state index is 11.9. The molecule has 1 heterocycles. The highest BCUT2D eigenvalue weighted by molar-refractivity contribution is 5.80. The van der Waals surface area contributed by atoms with Crippen molar-refractivity contribution in [2.45, 2.75) is 52.2 Å². The van der Waals surface area contributed by atoms with Gasteiger partial charge in [0.1, 0.15) is 6.04 Å². The standard InChI is InChI=1S/C13H23N5O/c1-9(2)6-14-7-12-8-18(17-16-12)10(3)13(19)15-11-4-5-11/h8-11,14H,4-7H2,1-3H3,(H,15,19). The lowest BCUT2D eigenvalue weighted by atomic mass is 10.2. The first kappa shape index (κ1) is 14.0. The minimum atomic E-state index is -0.299. The lowest BCUT2D eigenvalue weighted by molar-refractivity contribution is -0.124. The summed E-state index contributed by atoms with van der Waals surface area (Å²) in [5.74, 6) is 0.632. The molecule has 0 aliphatic heterocycles. The number of nitrogens with zero attached hydrogens (tertiary/aromatic N) is 3. The normalized spacial score (nSPS) is 16.6. The summed E-state index contributed by atoms with van der Waals surface area (Å²) in [6.07, 6.45) is 4.03. The van der Waals surface area contributed by atoms with Crippen LogP contribution in [0, 0.1) is 5.92 Å². The average Bonchev–Trinajstić information content (AvgIpc) is 3.04. The van der Waals surface area contributed by atoms with Gasteiger partial charge >= 0.3 is 0 Å². The van der Waals surface area contributed by atoms with E-state index in [1.807, 2.05) is 13.1 Å². The van der Waals surface area contributed by atoms with Gasteiger partial charge in [0.25, 0.3) is 0 Å². The van der Waals surface area contributed by atoms with E-state index in [4.69, 9.17) is 0 Å². The zero-order chi connectivity index (χ0) is 13.8. The number of carbonyl (C=O) groups excluding carboxylic acids is 1. The summed E-state index contributed by atoms with van der Waals surface area (Å²) in [6.45, 7) is 7.81. The number of amides is 1. The van der Waals surface area contributed by atoms with Crippen molar-refractivity contribution < 1.29 is 4.79 Å². The van der Waals surface area contributed by atoms with Gasteiger partial charge in [0, 0.05) is 12.6 Å². The summed E-state index contributed by atoms with van der Waals surface area (Å²) in [5, 5.41) is 14.4. The summed E-state index contributed by atoms with van der Waals surface area (Å²) >= 11 is 0. The van der Waals surface area contributed by atoms with Crippen molar-refractivity contribution in [2.24, 2.45) is 5.92 Å². The molecule has 106 valence electrons. The van der Waals surface area contributed by atoms with Gasteiger partial charge in [-0.05, 0) is 32.2 Å². The van der Waals surface area contributed by atoms with Crippen LogP contribution in [0.3, 0.4) is 0 Å². The molecule has 6 heteroatoms. The summed E-state index contributed by atoms with van der Waals surface area (Å²) in [5.41, 5.74) is 0.867. The Kier molecular flexibility index (Phi) is 4.52. The van der Waals surface area contributed by atoms with Gasteiger partial charge in [-0.15, -0.1) is 5.10 Å². The predicted molar refractivity (Wildman–Crippen MR) is 72.4 cm³/mol. The van der Waals surface area contributed by atoms with Gasteiger partial charge in [-0.2, -0.15) is 0 Å². The lowest BCUT2D eigenvalue weighted by Crippen LogP contribution is -2.32. The second kappa shape index (κ2) is 6.14. The van der Waals surface area contributed by atoms with Crippen molar-refractivity contribution in [1.29, 1.82) is 0 Å². The Morgan fingerprint density at radius 2 is 2.21 bits per heavy atom. The van der Waals surface area contributed by atoms with Crippen LogP contribution < -0.4 is 10.6 Å². The number of carbonyl (C=O) groups is 1. The fourth-order valence-corrected chi connectivity index (χ4v) is 1.74. The van der Waals surface area contributed by atoms with Gasteiger partial charge in [0.05, 0.1) is 11.9 Å². The Morgan fingerprint density at radius 3 is 2.84 bits per heavy atom. The zero-order valence-electron chi connectivity index (χ0n) is 11.9. The third-order valence-corrected chi connectivity index (χ3v) is 3.12. The van der Waals surface area contributed by atoms with Gasteiger partial charge in [0.15, 0.2) is 0 Å². The second-order valence-corrected chi connectivity index (χ2v) is 5.67. The number of rotatable bonds is 7. The third kappa shape index (κ3) is 4.31. The van der Waals surface area contributed by atoms with E-state index >= 15 is 0 Å². The van der Waals surface area contributed by atoms with Crippen LogP contribution in [0.15, 0.2) is 6.20 Å². The van der Waals surface area contributed by atoms with E-state index in [0.29, 0.717) is 18.5 Å². The molecule has 0 radical (unpaired) electrons. The van der Waals surface area contributed by atoms with Crippen molar-refractivity contribution in [3.63, 3.8) is 0 Å². The highest BCUT2D eigenvalue weighted by Gasteiger charge is 2.26. The first-order valence-electron chi connectivity index (χ1n) is 6.98. The van der Waals surface area contributed by atoms with E-state index in [1.54, 1.807) is 4.68 Å². The molecule has 1 saturated carbocycles. The summed E-state index contributed by atoms with van der Waals surface area (Å²) < 4.78 is 1.63. The van der Waals surface area contributed by atoms with E-state index in [2.05, 4.69) is 34.8 Å². The van der Waals surface area contributed by atoms with E-state index < -0.39 is 0 Å². The van der Waals surface area contributed by atoms with E-state index in [1.165, 1.54) is 0 Å². The lowest BCUT2D eigenvalue weighted by Gasteiger charge is -2.11. The molecule has 1 aromatic heterocycles. The number of aromatic nitrogens is 3. The molecule has 1 aliphatic carbocycles. The Bertz CT molecular complexity index is 424. The maximum absolute atomic E-state index is 11.9. The molecule has 1 fully saturated rings. The summed E-state index contributed by atoms with van der Waals surface area (Å²) in [7, 11) is 0. The Morgan fingerprint density at radius 1 is 1.47 bits per heavy atom. The van der Waals surface area contributed by atoms with Crippen LogP contribution in [0.1, 0.15) is 45.3 Å². The Labute approximate surface area is 113 Å². The van der Waals surface area contributed by atoms with Crippen LogP contribution in [0.25, 0.3) is 0 Å². The fraction of sp³-hybridized carbons (Fsp3) is 0.769. The number of hydrogen-bond donors (Lipinski definition) is 2. The maximum Gasteiger partial charge on any atom is 0.244 e. The molecule has 0 bridgehead atoms. The van der Waals surface area contributed by atoms with Gasteiger partial charge in [-0.3, -0.25) is 4.79 Å². The minimum absolute atomic E-state index is 0.0223. The summed E-state index contributed by atoms with van der Waals surface area (Å²) in [6, 6.07) is 0.0811. The molecular formula is C13H23N5O. The molecule has 1 aromatic rings. The SMILES string of the molecule is CC(C)CNCc1cn(C(C)C(=O)NC2CC2)nn1. The molecule has 2 N–H and O–H groups in total. The first-order valence-corrected chi connectivity index (χ1v) is 6.98. The molecule has 2 rings (SSSR count). The van der Waals surface area contributed by atoms with Crippen LogP contribution in [0.2, 0.25) is 0 Å². The highest BCUT2D eigenvalue weighted by atomic mass is 16.2. The molecule has 6 nitrogen and oxygen atoms in total.